The molecule has 2 aliphatic heterocycles. The minimum absolute atomic E-state index is 0.0669. The van der Waals surface area contributed by atoms with E-state index in [-0.39, 0.29) is 5.57 Å². The van der Waals surface area contributed by atoms with Crippen LogP contribution in [0.4, 0.5) is 16.2 Å². The van der Waals surface area contributed by atoms with Gasteiger partial charge < -0.3 is 9.64 Å². The summed E-state index contributed by atoms with van der Waals surface area (Å²) in [6.07, 6.45) is 1.56. The molecule has 0 saturated carbocycles. The maximum atomic E-state index is 13.2. The maximum Gasteiger partial charge on any atom is 0.335 e. The molecule has 7 nitrogen and oxygen atoms in total. The van der Waals surface area contributed by atoms with E-state index in [2.05, 4.69) is 10.2 Å². The lowest BCUT2D eigenvalue weighted by molar-refractivity contribution is -0.122. The largest absolute Gasteiger partial charge is 0.378 e. The monoisotopic (exact) mass is 419 g/mol. The number of morpholine rings is 1. The van der Waals surface area contributed by atoms with Gasteiger partial charge in [-0.1, -0.05) is 18.2 Å². The second-order valence-corrected chi connectivity index (χ2v) is 7.82. The Bertz CT molecular complexity index is 1100. The lowest BCUT2D eigenvalue weighted by Gasteiger charge is -2.29. The first-order valence-corrected chi connectivity index (χ1v) is 10.3. The molecule has 2 aromatic rings. The van der Waals surface area contributed by atoms with Gasteiger partial charge >= 0.3 is 6.03 Å². The first-order valence-electron chi connectivity index (χ1n) is 10.3. The van der Waals surface area contributed by atoms with Gasteiger partial charge in [-0.2, -0.15) is 0 Å². The average molecular weight is 419 g/mol. The van der Waals surface area contributed by atoms with Crippen LogP contribution in [0.1, 0.15) is 22.3 Å². The molecule has 7 heteroatoms. The Morgan fingerprint density at radius 1 is 0.968 bits per heavy atom. The molecule has 0 aliphatic carbocycles. The van der Waals surface area contributed by atoms with Gasteiger partial charge in [0.1, 0.15) is 5.57 Å². The second-order valence-electron chi connectivity index (χ2n) is 7.82. The van der Waals surface area contributed by atoms with Crippen molar-refractivity contribution in [3.63, 3.8) is 0 Å². The molecule has 4 rings (SSSR count). The third-order valence-corrected chi connectivity index (χ3v) is 5.85. The molecule has 0 atom stereocenters. The minimum atomic E-state index is -0.736. The molecule has 31 heavy (non-hydrogen) atoms. The Hall–Kier alpha value is -3.45. The number of imide groups is 2. The molecule has 1 N–H and O–H groups in total. The number of nitrogens with zero attached hydrogens (tertiary/aromatic N) is 2. The van der Waals surface area contributed by atoms with Crippen LogP contribution in [0, 0.1) is 20.8 Å². The van der Waals surface area contributed by atoms with Crippen molar-refractivity contribution in [2.24, 2.45) is 0 Å². The molecule has 2 fully saturated rings. The van der Waals surface area contributed by atoms with Gasteiger partial charge in [-0.05, 0) is 67.3 Å². The highest BCUT2D eigenvalue weighted by atomic mass is 16.5. The number of carbonyl (C=O) groups excluding carboxylic acids is 3. The van der Waals surface area contributed by atoms with E-state index in [0.29, 0.717) is 18.9 Å². The number of rotatable bonds is 3. The highest BCUT2D eigenvalue weighted by Gasteiger charge is 2.37. The topological polar surface area (TPSA) is 79.0 Å². The van der Waals surface area contributed by atoms with E-state index in [1.807, 2.05) is 45.0 Å². The Labute approximate surface area is 181 Å². The van der Waals surface area contributed by atoms with Gasteiger partial charge in [-0.25, -0.2) is 9.69 Å². The molecule has 160 valence electrons. The summed E-state index contributed by atoms with van der Waals surface area (Å²) in [7, 11) is 0. The smallest absolute Gasteiger partial charge is 0.335 e. The molecule has 2 saturated heterocycles. The Kier molecular flexibility index (Phi) is 5.61. The highest BCUT2D eigenvalue weighted by molar-refractivity contribution is 6.39. The summed E-state index contributed by atoms with van der Waals surface area (Å²) in [6, 6.07) is 10.6. The van der Waals surface area contributed by atoms with Gasteiger partial charge in [0.25, 0.3) is 11.8 Å². The number of anilines is 2. The lowest BCUT2D eigenvalue weighted by atomic mass is 10.0. The predicted octanol–water partition coefficient (Wildman–Crippen LogP) is 3.11. The van der Waals surface area contributed by atoms with Crippen LogP contribution in [0.5, 0.6) is 0 Å². The van der Waals surface area contributed by atoms with Crippen LogP contribution in [-0.2, 0) is 14.3 Å². The van der Waals surface area contributed by atoms with Crippen LogP contribution < -0.4 is 15.1 Å². The average Bonchev–Trinajstić information content (AvgIpc) is 2.75. The van der Waals surface area contributed by atoms with E-state index in [1.165, 1.54) is 0 Å². The summed E-state index contributed by atoms with van der Waals surface area (Å²) in [5.41, 5.74) is 4.94. The number of barbiturate groups is 1. The van der Waals surface area contributed by atoms with Crippen LogP contribution >= 0.6 is 0 Å². The Balaban J connectivity index is 1.68. The van der Waals surface area contributed by atoms with Crippen molar-refractivity contribution < 1.29 is 19.1 Å². The fourth-order valence-electron chi connectivity index (χ4n) is 3.85. The zero-order chi connectivity index (χ0) is 22.1. The zero-order valence-corrected chi connectivity index (χ0v) is 17.9. The fraction of sp³-hybridized carbons (Fsp3) is 0.292. The van der Waals surface area contributed by atoms with E-state index < -0.39 is 17.8 Å². The van der Waals surface area contributed by atoms with E-state index in [0.717, 1.165) is 45.9 Å². The molecule has 2 aliphatic rings. The van der Waals surface area contributed by atoms with Crippen molar-refractivity contribution in [3.05, 3.63) is 64.2 Å². The summed E-state index contributed by atoms with van der Waals surface area (Å²) < 4.78 is 5.40. The number of urea groups is 1. The van der Waals surface area contributed by atoms with Crippen molar-refractivity contribution in [2.75, 3.05) is 36.1 Å². The molecule has 2 aromatic carbocycles. The lowest BCUT2D eigenvalue weighted by Crippen LogP contribution is -2.54. The third kappa shape index (κ3) is 3.96. The number of hydrogen-bond donors (Lipinski definition) is 1. The van der Waals surface area contributed by atoms with E-state index in [4.69, 9.17) is 4.74 Å². The van der Waals surface area contributed by atoms with Crippen molar-refractivity contribution in [2.45, 2.75) is 20.8 Å². The van der Waals surface area contributed by atoms with Crippen LogP contribution in [0.15, 0.2) is 42.0 Å². The molecule has 0 spiro atoms. The number of amides is 4. The van der Waals surface area contributed by atoms with Gasteiger partial charge in [0.05, 0.1) is 18.9 Å². The first-order chi connectivity index (χ1) is 14.9. The van der Waals surface area contributed by atoms with Gasteiger partial charge in [0.15, 0.2) is 0 Å². The normalized spacial score (nSPS) is 18.5. The summed E-state index contributed by atoms with van der Waals surface area (Å²) in [4.78, 5) is 41.5. The zero-order valence-electron chi connectivity index (χ0n) is 17.9. The first kappa shape index (κ1) is 20.8. The summed E-state index contributed by atoms with van der Waals surface area (Å²) >= 11 is 0. The molecule has 0 bridgehead atoms. The molecule has 0 aromatic heterocycles. The maximum absolute atomic E-state index is 13.2. The van der Waals surface area contributed by atoms with Crippen molar-refractivity contribution in [1.29, 1.82) is 0 Å². The molecule has 0 unspecified atom stereocenters. The predicted molar refractivity (Wildman–Crippen MR) is 119 cm³/mol. The number of carbonyl (C=O) groups is 3. The Morgan fingerprint density at radius 3 is 2.42 bits per heavy atom. The molecule has 4 amide bonds. The van der Waals surface area contributed by atoms with Crippen molar-refractivity contribution in [1.82, 2.24) is 5.32 Å². The quantitative estimate of drug-likeness (QED) is 0.611. The molecular formula is C24H25N3O4. The fourth-order valence-corrected chi connectivity index (χ4v) is 3.85. The number of benzene rings is 2. The number of nitrogens with one attached hydrogen (secondary N) is 1. The van der Waals surface area contributed by atoms with Gasteiger partial charge in [-0.3, -0.25) is 14.9 Å². The van der Waals surface area contributed by atoms with Gasteiger partial charge in [0, 0.05) is 18.8 Å². The molecule has 0 radical (unpaired) electrons. The number of hydrogen-bond acceptors (Lipinski definition) is 5. The van der Waals surface area contributed by atoms with Crippen molar-refractivity contribution >= 4 is 35.3 Å². The highest BCUT2D eigenvalue weighted by Crippen LogP contribution is 2.28. The van der Waals surface area contributed by atoms with E-state index in [9.17, 15) is 14.4 Å². The van der Waals surface area contributed by atoms with Crippen LogP contribution in [0.25, 0.3) is 6.08 Å². The minimum Gasteiger partial charge on any atom is -0.378 e. The van der Waals surface area contributed by atoms with E-state index >= 15 is 0 Å². The summed E-state index contributed by atoms with van der Waals surface area (Å²) in [6.45, 7) is 8.74. The van der Waals surface area contributed by atoms with Crippen LogP contribution in [-0.4, -0.2) is 44.1 Å². The molecular weight excluding hydrogens is 394 g/mol. The van der Waals surface area contributed by atoms with Crippen molar-refractivity contribution in [3.8, 4) is 0 Å². The molecule has 2 heterocycles. The number of aryl methyl sites for hydroxylation is 2. The van der Waals surface area contributed by atoms with Gasteiger partial charge in [0.2, 0.25) is 0 Å². The van der Waals surface area contributed by atoms with Crippen LogP contribution in [0.3, 0.4) is 0 Å². The van der Waals surface area contributed by atoms with Crippen LogP contribution in [0.2, 0.25) is 0 Å². The third-order valence-electron chi connectivity index (χ3n) is 5.85. The summed E-state index contributed by atoms with van der Waals surface area (Å²) in [5.74, 6) is -1.31. The van der Waals surface area contributed by atoms with Gasteiger partial charge in [-0.15, -0.1) is 0 Å². The SMILES string of the molecule is Cc1cc(N2CCOCC2)ccc1/C=C1\C(=O)NC(=O)N(c2cccc(C)c2C)C1=O. The van der Waals surface area contributed by atoms with E-state index in [1.54, 1.807) is 18.2 Å². The standard InChI is InChI=1S/C24H25N3O4/c1-15-5-4-6-21(17(15)3)27-23(29)20(22(28)25-24(27)30)14-18-7-8-19(13-16(18)2)26-9-11-31-12-10-26/h4-8,13-14H,9-12H2,1-3H3,(H,25,28,30)/b20-14+. The number of ether oxygens (including phenoxy) is 1. The second kappa shape index (κ2) is 8.35. The Morgan fingerprint density at radius 2 is 1.71 bits per heavy atom. The summed E-state index contributed by atoms with van der Waals surface area (Å²) in [5, 5.41) is 2.29.